The number of aliphatic hydroxyl groups excluding tert-OH is 1. The highest BCUT2D eigenvalue weighted by molar-refractivity contribution is 5.77. The Kier molecular flexibility index (Phi) is 3.89. The van der Waals surface area contributed by atoms with Gasteiger partial charge in [0, 0.05) is 6.04 Å². The number of rotatable bonds is 4. The van der Waals surface area contributed by atoms with Gasteiger partial charge in [-0.15, -0.1) is 0 Å². The van der Waals surface area contributed by atoms with Crippen molar-refractivity contribution >= 4 is 5.91 Å². The van der Waals surface area contributed by atoms with Crippen LogP contribution >= 0.6 is 0 Å². The summed E-state index contributed by atoms with van der Waals surface area (Å²) in [5.41, 5.74) is -0.792. The molecule has 1 saturated carbocycles. The predicted molar refractivity (Wildman–Crippen MR) is 52.7 cm³/mol. The molecule has 1 rings (SSSR count). The first-order valence-electron chi connectivity index (χ1n) is 5.18. The van der Waals surface area contributed by atoms with Gasteiger partial charge in [0.25, 0.3) is 0 Å². The number of aliphatic hydroxyl groups is 2. The topological polar surface area (TPSA) is 69.6 Å². The molecule has 1 amide bonds. The average Bonchev–Trinajstić information content (AvgIpc) is 2.51. The first-order chi connectivity index (χ1) is 6.56. The number of nitrogens with one attached hydrogen (secondary N) is 1. The van der Waals surface area contributed by atoms with E-state index in [2.05, 4.69) is 5.32 Å². The number of hydrogen-bond donors (Lipinski definition) is 3. The molecule has 1 aliphatic carbocycles. The van der Waals surface area contributed by atoms with E-state index < -0.39 is 5.60 Å². The van der Waals surface area contributed by atoms with Gasteiger partial charge in [0.05, 0.1) is 18.6 Å². The molecule has 3 N–H and O–H groups in total. The first-order valence-corrected chi connectivity index (χ1v) is 5.18. The molecule has 0 saturated heterocycles. The normalized spacial score (nSPS) is 21.9. The van der Waals surface area contributed by atoms with Gasteiger partial charge in [-0.2, -0.15) is 0 Å². The van der Waals surface area contributed by atoms with E-state index in [1.165, 1.54) is 0 Å². The Morgan fingerprint density at radius 3 is 2.57 bits per heavy atom. The minimum Gasteiger partial charge on any atom is -0.394 e. The Bertz CT molecular complexity index is 200. The van der Waals surface area contributed by atoms with Crippen molar-refractivity contribution in [1.82, 2.24) is 5.32 Å². The van der Waals surface area contributed by atoms with Crippen LogP contribution in [0.5, 0.6) is 0 Å². The monoisotopic (exact) mass is 201 g/mol. The fraction of sp³-hybridized carbons (Fsp3) is 0.900. The van der Waals surface area contributed by atoms with Gasteiger partial charge in [-0.05, 0) is 19.8 Å². The van der Waals surface area contributed by atoms with E-state index in [-0.39, 0.29) is 25.0 Å². The molecule has 0 aromatic carbocycles. The SMILES string of the molecule is CC(CO)NC(=O)CC1(O)CCCC1. The van der Waals surface area contributed by atoms with Gasteiger partial charge < -0.3 is 15.5 Å². The quantitative estimate of drug-likeness (QED) is 0.607. The Balaban J connectivity index is 2.32. The molecule has 4 heteroatoms. The van der Waals surface area contributed by atoms with Crippen molar-refractivity contribution in [2.45, 2.75) is 50.7 Å². The van der Waals surface area contributed by atoms with Gasteiger partial charge in [0.2, 0.25) is 5.91 Å². The average molecular weight is 201 g/mol. The third-order valence-corrected chi connectivity index (χ3v) is 2.71. The highest BCUT2D eigenvalue weighted by Gasteiger charge is 2.33. The van der Waals surface area contributed by atoms with Crippen LogP contribution in [-0.4, -0.2) is 34.4 Å². The molecule has 0 aromatic heterocycles. The van der Waals surface area contributed by atoms with Crippen LogP contribution < -0.4 is 5.32 Å². The van der Waals surface area contributed by atoms with E-state index in [1.807, 2.05) is 0 Å². The Morgan fingerprint density at radius 1 is 1.50 bits per heavy atom. The molecule has 1 fully saturated rings. The maximum atomic E-state index is 11.4. The summed E-state index contributed by atoms with van der Waals surface area (Å²) in [6.45, 7) is 1.67. The summed E-state index contributed by atoms with van der Waals surface area (Å²) < 4.78 is 0. The van der Waals surface area contributed by atoms with Crippen molar-refractivity contribution in [3.63, 3.8) is 0 Å². The van der Waals surface area contributed by atoms with E-state index in [9.17, 15) is 9.90 Å². The van der Waals surface area contributed by atoms with Crippen molar-refractivity contribution in [1.29, 1.82) is 0 Å². The molecule has 0 heterocycles. The highest BCUT2D eigenvalue weighted by Crippen LogP contribution is 2.32. The molecule has 0 radical (unpaired) electrons. The first kappa shape index (κ1) is 11.5. The second-order valence-electron chi connectivity index (χ2n) is 4.26. The molecular weight excluding hydrogens is 182 g/mol. The summed E-state index contributed by atoms with van der Waals surface area (Å²) in [5.74, 6) is -0.170. The van der Waals surface area contributed by atoms with Crippen LogP contribution in [0.3, 0.4) is 0 Å². The number of hydrogen-bond acceptors (Lipinski definition) is 3. The maximum absolute atomic E-state index is 11.4. The predicted octanol–water partition coefficient (Wildman–Crippen LogP) is 0.179. The molecule has 14 heavy (non-hydrogen) atoms. The van der Waals surface area contributed by atoms with Crippen molar-refractivity contribution in [3.05, 3.63) is 0 Å². The molecule has 1 atom stereocenters. The van der Waals surface area contributed by atoms with Gasteiger partial charge >= 0.3 is 0 Å². The summed E-state index contributed by atoms with van der Waals surface area (Å²) in [6, 6.07) is -0.229. The summed E-state index contributed by atoms with van der Waals surface area (Å²) in [4.78, 5) is 11.4. The second-order valence-corrected chi connectivity index (χ2v) is 4.26. The minimum atomic E-state index is -0.792. The molecule has 0 spiro atoms. The van der Waals surface area contributed by atoms with E-state index in [0.29, 0.717) is 12.8 Å². The fourth-order valence-corrected chi connectivity index (χ4v) is 1.88. The largest absolute Gasteiger partial charge is 0.394 e. The molecule has 0 aromatic rings. The van der Waals surface area contributed by atoms with Crippen LogP contribution in [0.15, 0.2) is 0 Å². The third kappa shape index (κ3) is 3.27. The van der Waals surface area contributed by atoms with Crippen LogP contribution in [0, 0.1) is 0 Å². The molecule has 4 nitrogen and oxygen atoms in total. The zero-order chi connectivity index (χ0) is 10.6. The van der Waals surface area contributed by atoms with Crippen LogP contribution in [-0.2, 0) is 4.79 Å². The number of amides is 1. The van der Waals surface area contributed by atoms with Crippen molar-refractivity contribution in [3.8, 4) is 0 Å². The molecule has 0 aliphatic heterocycles. The van der Waals surface area contributed by atoms with E-state index in [4.69, 9.17) is 5.11 Å². The molecule has 1 aliphatic rings. The van der Waals surface area contributed by atoms with Gasteiger partial charge in [-0.1, -0.05) is 12.8 Å². The van der Waals surface area contributed by atoms with Crippen LogP contribution in [0.1, 0.15) is 39.0 Å². The van der Waals surface area contributed by atoms with Crippen LogP contribution in [0.4, 0.5) is 0 Å². The lowest BCUT2D eigenvalue weighted by Crippen LogP contribution is -2.40. The highest BCUT2D eigenvalue weighted by atomic mass is 16.3. The fourth-order valence-electron chi connectivity index (χ4n) is 1.88. The second kappa shape index (κ2) is 4.75. The Morgan fingerprint density at radius 2 is 2.07 bits per heavy atom. The molecule has 1 unspecified atom stereocenters. The number of carbonyl (C=O) groups is 1. The lowest BCUT2D eigenvalue weighted by Gasteiger charge is -2.22. The summed E-state index contributed by atoms with van der Waals surface area (Å²) in [5, 5.41) is 21.3. The zero-order valence-electron chi connectivity index (χ0n) is 8.62. The van der Waals surface area contributed by atoms with Gasteiger partial charge in [0.15, 0.2) is 0 Å². The summed E-state index contributed by atoms with van der Waals surface area (Å²) in [6.07, 6.45) is 3.60. The minimum absolute atomic E-state index is 0.0653. The van der Waals surface area contributed by atoms with Gasteiger partial charge in [0.1, 0.15) is 0 Å². The van der Waals surface area contributed by atoms with Crippen molar-refractivity contribution in [2.24, 2.45) is 0 Å². The lowest BCUT2D eigenvalue weighted by molar-refractivity contribution is -0.126. The van der Waals surface area contributed by atoms with E-state index >= 15 is 0 Å². The van der Waals surface area contributed by atoms with Crippen LogP contribution in [0.2, 0.25) is 0 Å². The Hall–Kier alpha value is -0.610. The summed E-state index contributed by atoms with van der Waals surface area (Å²) in [7, 11) is 0. The van der Waals surface area contributed by atoms with Crippen molar-refractivity contribution < 1.29 is 15.0 Å². The van der Waals surface area contributed by atoms with E-state index in [0.717, 1.165) is 12.8 Å². The molecule has 82 valence electrons. The zero-order valence-corrected chi connectivity index (χ0v) is 8.62. The smallest absolute Gasteiger partial charge is 0.223 e. The number of carbonyl (C=O) groups excluding carboxylic acids is 1. The third-order valence-electron chi connectivity index (χ3n) is 2.71. The standard InChI is InChI=1S/C10H19NO3/c1-8(7-12)11-9(13)6-10(14)4-2-3-5-10/h8,12,14H,2-7H2,1H3,(H,11,13). The van der Waals surface area contributed by atoms with E-state index in [1.54, 1.807) is 6.92 Å². The lowest BCUT2D eigenvalue weighted by atomic mass is 9.97. The van der Waals surface area contributed by atoms with Crippen molar-refractivity contribution in [2.75, 3.05) is 6.61 Å². The Labute approximate surface area is 84.3 Å². The molecule has 0 bridgehead atoms. The van der Waals surface area contributed by atoms with Gasteiger partial charge in [-0.25, -0.2) is 0 Å². The van der Waals surface area contributed by atoms with Gasteiger partial charge in [-0.3, -0.25) is 4.79 Å². The molecular formula is C10H19NO3. The maximum Gasteiger partial charge on any atom is 0.223 e. The summed E-state index contributed by atoms with van der Waals surface area (Å²) >= 11 is 0. The van der Waals surface area contributed by atoms with Crippen LogP contribution in [0.25, 0.3) is 0 Å².